The zero-order valence-electron chi connectivity index (χ0n) is 9.79. The first-order valence-corrected chi connectivity index (χ1v) is 5.86. The number of hydrogen-bond donors (Lipinski definition) is 1. The van der Waals surface area contributed by atoms with Crippen LogP contribution in [0.2, 0.25) is 0 Å². The van der Waals surface area contributed by atoms with Gasteiger partial charge in [0.25, 0.3) is 0 Å². The molecule has 0 aliphatic rings. The summed E-state index contributed by atoms with van der Waals surface area (Å²) >= 11 is 0. The summed E-state index contributed by atoms with van der Waals surface area (Å²) in [7, 11) is 0. The number of rotatable bonds is 7. The Hall–Kier alpha value is -1.09. The fraction of sp³-hybridized carbons (Fsp3) is 0.538. The van der Waals surface area contributed by atoms with E-state index >= 15 is 0 Å². The van der Waals surface area contributed by atoms with Crippen molar-refractivity contribution < 1.29 is 9.13 Å². The first-order chi connectivity index (χ1) is 7.72. The maximum Gasteiger partial charge on any atom is 0.123 e. The highest BCUT2D eigenvalue weighted by Gasteiger charge is 2.01. The average Bonchev–Trinajstić information content (AvgIpc) is 2.27. The van der Waals surface area contributed by atoms with Gasteiger partial charge in [0.1, 0.15) is 11.6 Å². The Bertz CT molecular complexity index is 286. The summed E-state index contributed by atoms with van der Waals surface area (Å²) in [5.41, 5.74) is 5.88. The van der Waals surface area contributed by atoms with Gasteiger partial charge in [-0.15, -0.1) is 0 Å². The van der Waals surface area contributed by atoms with Crippen molar-refractivity contribution in [1.82, 2.24) is 0 Å². The molecule has 1 aromatic carbocycles. The molecule has 2 nitrogen and oxygen atoms in total. The van der Waals surface area contributed by atoms with Crippen molar-refractivity contribution >= 4 is 0 Å². The standard InChI is InChI=1S/C13H20FNO/c1-2-4-12(15)5-3-10-16-13-8-6-11(14)7-9-13/h6-9,12H,2-5,10,15H2,1H3. The number of nitrogens with two attached hydrogens (primary N) is 1. The molecule has 1 aromatic rings. The molecule has 0 aromatic heterocycles. The van der Waals surface area contributed by atoms with Gasteiger partial charge in [-0.2, -0.15) is 0 Å². The second kappa shape index (κ2) is 7.23. The van der Waals surface area contributed by atoms with E-state index in [0.717, 1.165) is 25.7 Å². The Morgan fingerprint density at radius 3 is 2.56 bits per heavy atom. The van der Waals surface area contributed by atoms with Crippen LogP contribution in [0.4, 0.5) is 4.39 Å². The fourth-order valence-corrected chi connectivity index (χ4v) is 1.58. The lowest BCUT2D eigenvalue weighted by atomic mass is 10.1. The quantitative estimate of drug-likeness (QED) is 0.724. The minimum Gasteiger partial charge on any atom is -0.494 e. The SMILES string of the molecule is CCCC(N)CCCOc1ccc(F)cc1. The predicted octanol–water partition coefficient (Wildman–Crippen LogP) is 3.11. The Labute approximate surface area is 96.6 Å². The number of halogens is 1. The molecule has 0 amide bonds. The highest BCUT2D eigenvalue weighted by Crippen LogP contribution is 2.12. The molecular formula is C13H20FNO. The summed E-state index contributed by atoms with van der Waals surface area (Å²) in [6.45, 7) is 2.78. The summed E-state index contributed by atoms with van der Waals surface area (Å²) in [5.74, 6) is 0.475. The summed E-state index contributed by atoms with van der Waals surface area (Å²) in [6, 6.07) is 6.36. The van der Waals surface area contributed by atoms with Crippen LogP contribution in [-0.4, -0.2) is 12.6 Å². The van der Waals surface area contributed by atoms with E-state index in [4.69, 9.17) is 10.5 Å². The first kappa shape index (κ1) is 13.0. The molecule has 0 aliphatic heterocycles. The molecule has 0 saturated carbocycles. The van der Waals surface area contributed by atoms with Crippen LogP contribution in [-0.2, 0) is 0 Å². The minimum absolute atomic E-state index is 0.239. The largest absolute Gasteiger partial charge is 0.494 e. The highest BCUT2D eigenvalue weighted by molar-refractivity contribution is 5.21. The number of benzene rings is 1. The van der Waals surface area contributed by atoms with Gasteiger partial charge in [0.05, 0.1) is 6.61 Å². The molecule has 90 valence electrons. The van der Waals surface area contributed by atoms with Crippen LogP contribution in [0.5, 0.6) is 5.75 Å². The third kappa shape index (κ3) is 5.12. The van der Waals surface area contributed by atoms with E-state index in [-0.39, 0.29) is 11.9 Å². The van der Waals surface area contributed by atoms with Crippen molar-refractivity contribution in [3.05, 3.63) is 30.1 Å². The molecule has 1 unspecified atom stereocenters. The Balaban J connectivity index is 2.13. The van der Waals surface area contributed by atoms with Gasteiger partial charge in [0.15, 0.2) is 0 Å². The van der Waals surface area contributed by atoms with Crippen molar-refractivity contribution in [2.75, 3.05) is 6.61 Å². The lowest BCUT2D eigenvalue weighted by molar-refractivity contribution is 0.299. The second-order valence-corrected chi connectivity index (χ2v) is 3.99. The van der Waals surface area contributed by atoms with Gasteiger partial charge in [-0.3, -0.25) is 0 Å². The molecule has 0 aliphatic carbocycles. The number of hydrogen-bond acceptors (Lipinski definition) is 2. The van der Waals surface area contributed by atoms with Gasteiger partial charge >= 0.3 is 0 Å². The molecule has 3 heteroatoms. The molecule has 0 saturated heterocycles. The monoisotopic (exact) mass is 225 g/mol. The predicted molar refractivity (Wildman–Crippen MR) is 64.0 cm³/mol. The maximum absolute atomic E-state index is 12.6. The van der Waals surface area contributed by atoms with Crippen molar-refractivity contribution in [2.45, 2.75) is 38.6 Å². The van der Waals surface area contributed by atoms with E-state index in [1.54, 1.807) is 12.1 Å². The van der Waals surface area contributed by atoms with Gasteiger partial charge in [0.2, 0.25) is 0 Å². The van der Waals surface area contributed by atoms with Gasteiger partial charge in [-0.1, -0.05) is 13.3 Å². The molecule has 0 radical (unpaired) electrons. The van der Waals surface area contributed by atoms with Crippen molar-refractivity contribution in [2.24, 2.45) is 5.73 Å². The summed E-state index contributed by atoms with van der Waals surface area (Å²) in [6.07, 6.45) is 4.12. The molecule has 16 heavy (non-hydrogen) atoms. The molecule has 0 bridgehead atoms. The first-order valence-electron chi connectivity index (χ1n) is 5.86. The van der Waals surface area contributed by atoms with Crippen LogP contribution in [0.3, 0.4) is 0 Å². The van der Waals surface area contributed by atoms with Gasteiger partial charge < -0.3 is 10.5 Å². The molecule has 1 atom stereocenters. The van der Waals surface area contributed by atoms with E-state index in [1.165, 1.54) is 12.1 Å². The number of ether oxygens (including phenoxy) is 1. The smallest absolute Gasteiger partial charge is 0.123 e. The van der Waals surface area contributed by atoms with E-state index in [2.05, 4.69) is 6.92 Å². The van der Waals surface area contributed by atoms with Crippen LogP contribution < -0.4 is 10.5 Å². The van der Waals surface area contributed by atoms with Gasteiger partial charge in [0, 0.05) is 6.04 Å². The summed E-state index contributed by atoms with van der Waals surface area (Å²) in [5, 5.41) is 0. The van der Waals surface area contributed by atoms with Gasteiger partial charge in [-0.25, -0.2) is 4.39 Å². The summed E-state index contributed by atoms with van der Waals surface area (Å²) < 4.78 is 18.1. The Morgan fingerprint density at radius 1 is 1.25 bits per heavy atom. The molecule has 1 rings (SSSR count). The fourth-order valence-electron chi connectivity index (χ4n) is 1.58. The lowest BCUT2D eigenvalue weighted by Crippen LogP contribution is -2.20. The molecule has 2 N–H and O–H groups in total. The van der Waals surface area contributed by atoms with Crippen LogP contribution in [0.15, 0.2) is 24.3 Å². The third-order valence-electron chi connectivity index (χ3n) is 2.46. The van der Waals surface area contributed by atoms with E-state index in [0.29, 0.717) is 12.4 Å². The topological polar surface area (TPSA) is 35.2 Å². The Kier molecular flexibility index (Phi) is 5.86. The van der Waals surface area contributed by atoms with E-state index < -0.39 is 0 Å². The maximum atomic E-state index is 12.6. The molecular weight excluding hydrogens is 205 g/mol. The normalized spacial score (nSPS) is 12.4. The van der Waals surface area contributed by atoms with Crippen molar-refractivity contribution in [1.29, 1.82) is 0 Å². The third-order valence-corrected chi connectivity index (χ3v) is 2.46. The van der Waals surface area contributed by atoms with Crippen molar-refractivity contribution in [3.63, 3.8) is 0 Å². The molecule has 0 spiro atoms. The van der Waals surface area contributed by atoms with Crippen molar-refractivity contribution in [3.8, 4) is 5.75 Å². The van der Waals surface area contributed by atoms with E-state index in [9.17, 15) is 4.39 Å². The van der Waals surface area contributed by atoms with Crippen LogP contribution in [0, 0.1) is 5.82 Å². The molecule has 0 fully saturated rings. The Morgan fingerprint density at radius 2 is 1.94 bits per heavy atom. The molecule has 0 heterocycles. The van der Waals surface area contributed by atoms with Crippen LogP contribution in [0.25, 0.3) is 0 Å². The van der Waals surface area contributed by atoms with Gasteiger partial charge in [-0.05, 0) is 43.5 Å². The highest BCUT2D eigenvalue weighted by atomic mass is 19.1. The second-order valence-electron chi connectivity index (χ2n) is 3.99. The minimum atomic E-state index is -0.239. The lowest BCUT2D eigenvalue weighted by Gasteiger charge is -2.10. The van der Waals surface area contributed by atoms with Crippen LogP contribution in [0.1, 0.15) is 32.6 Å². The summed E-state index contributed by atoms with van der Waals surface area (Å²) in [4.78, 5) is 0. The zero-order valence-corrected chi connectivity index (χ0v) is 9.79. The van der Waals surface area contributed by atoms with Crippen LogP contribution >= 0.6 is 0 Å². The van der Waals surface area contributed by atoms with E-state index in [1.807, 2.05) is 0 Å². The average molecular weight is 225 g/mol. The zero-order chi connectivity index (χ0) is 11.8.